The molecule has 5 nitrogen and oxygen atoms in total. The van der Waals surface area contributed by atoms with Crippen molar-refractivity contribution in [1.82, 2.24) is 0 Å². The molecule has 28 heavy (non-hydrogen) atoms. The zero-order valence-electron chi connectivity index (χ0n) is 15.3. The Kier molecular flexibility index (Phi) is 5.80. The van der Waals surface area contributed by atoms with Gasteiger partial charge in [0, 0.05) is 11.8 Å². The number of benzene rings is 3. The first-order valence-corrected chi connectivity index (χ1v) is 10.5. The second-order valence-corrected chi connectivity index (χ2v) is 8.48. The van der Waals surface area contributed by atoms with Gasteiger partial charge in [0.15, 0.2) is 9.84 Å². The Morgan fingerprint density at radius 2 is 1.64 bits per heavy atom. The fourth-order valence-corrected chi connectivity index (χ4v) is 3.51. The first kappa shape index (κ1) is 19.6. The van der Waals surface area contributed by atoms with Crippen LogP contribution in [-0.4, -0.2) is 25.7 Å². The molecule has 0 aliphatic heterocycles. The zero-order chi connectivity index (χ0) is 20.1. The van der Waals surface area contributed by atoms with E-state index in [0.29, 0.717) is 23.5 Å². The first-order valence-electron chi connectivity index (χ1n) is 8.65. The normalized spacial score (nSPS) is 11.2. The molecule has 0 spiro atoms. The molecule has 0 radical (unpaired) electrons. The molecule has 144 valence electrons. The fraction of sp³-hybridized carbons (Fsp3) is 0.136. The van der Waals surface area contributed by atoms with Crippen LogP contribution in [-0.2, 0) is 27.7 Å². The van der Waals surface area contributed by atoms with Gasteiger partial charge in [0.1, 0.15) is 12.4 Å². The Labute approximate surface area is 164 Å². The molecule has 0 saturated heterocycles. The van der Waals surface area contributed by atoms with Crippen LogP contribution in [0.5, 0.6) is 5.75 Å². The molecular formula is C22H20O5S. The molecule has 0 heterocycles. The minimum atomic E-state index is -3.33. The van der Waals surface area contributed by atoms with Crippen LogP contribution in [0.3, 0.4) is 0 Å². The summed E-state index contributed by atoms with van der Waals surface area (Å²) < 4.78 is 29.4. The van der Waals surface area contributed by atoms with E-state index in [1.807, 2.05) is 30.3 Å². The van der Waals surface area contributed by atoms with Crippen molar-refractivity contribution in [1.29, 1.82) is 0 Å². The quantitative estimate of drug-likeness (QED) is 0.654. The largest absolute Gasteiger partial charge is 0.489 e. The van der Waals surface area contributed by atoms with E-state index in [0.717, 1.165) is 17.4 Å². The minimum Gasteiger partial charge on any atom is -0.489 e. The molecule has 0 saturated carbocycles. The summed E-state index contributed by atoms with van der Waals surface area (Å²) in [5.41, 5.74) is 2.94. The molecule has 3 rings (SSSR count). The van der Waals surface area contributed by atoms with Gasteiger partial charge in [0.05, 0.1) is 11.3 Å². The maximum atomic E-state index is 11.8. The standard InChI is InChI=1S/C22H20O5S/c1-28(25,26)20-9-5-8-17(13-20)18-10-11-21(19(12-18)14-22(23)24)27-15-16-6-3-2-4-7-16/h2-13H,14-15H2,1H3,(H,23,24). The third-order valence-electron chi connectivity index (χ3n) is 4.23. The van der Waals surface area contributed by atoms with E-state index in [2.05, 4.69) is 0 Å². The average Bonchev–Trinajstić information content (AvgIpc) is 2.67. The number of sulfone groups is 1. The maximum absolute atomic E-state index is 11.8. The van der Waals surface area contributed by atoms with Gasteiger partial charge in [-0.15, -0.1) is 0 Å². The number of hydrogen-bond donors (Lipinski definition) is 1. The molecule has 0 aromatic heterocycles. The number of carboxylic acid groups (broad SMARTS) is 1. The Bertz CT molecular complexity index is 1090. The van der Waals surface area contributed by atoms with Gasteiger partial charge >= 0.3 is 5.97 Å². The molecule has 0 aliphatic carbocycles. The summed E-state index contributed by atoms with van der Waals surface area (Å²) in [5.74, 6) is -0.471. The molecule has 3 aromatic rings. The number of ether oxygens (including phenoxy) is 1. The molecule has 0 amide bonds. The summed E-state index contributed by atoms with van der Waals surface area (Å²) in [6.45, 7) is 0.330. The van der Waals surface area contributed by atoms with Crippen LogP contribution >= 0.6 is 0 Å². The van der Waals surface area contributed by atoms with Crippen molar-refractivity contribution in [3.8, 4) is 16.9 Å². The fourth-order valence-electron chi connectivity index (χ4n) is 2.84. The van der Waals surface area contributed by atoms with Crippen molar-refractivity contribution in [3.63, 3.8) is 0 Å². The number of carboxylic acids is 1. The molecule has 0 bridgehead atoms. The van der Waals surface area contributed by atoms with Crippen molar-refractivity contribution in [2.75, 3.05) is 6.26 Å². The summed E-state index contributed by atoms with van der Waals surface area (Å²) in [4.78, 5) is 11.5. The SMILES string of the molecule is CS(=O)(=O)c1cccc(-c2ccc(OCc3ccccc3)c(CC(=O)O)c2)c1. The highest BCUT2D eigenvalue weighted by Gasteiger charge is 2.13. The lowest BCUT2D eigenvalue weighted by atomic mass is 10.0. The van der Waals surface area contributed by atoms with Crippen molar-refractivity contribution in [2.24, 2.45) is 0 Å². The van der Waals surface area contributed by atoms with E-state index >= 15 is 0 Å². The van der Waals surface area contributed by atoms with Crippen LogP contribution in [0.15, 0.2) is 77.7 Å². The van der Waals surface area contributed by atoms with Crippen molar-refractivity contribution >= 4 is 15.8 Å². The average molecular weight is 396 g/mol. The molecular weight excluding hydrogens is 376 g/mol. The number of rotatable bonds is 7. The van der Waals surface area contributed by atoms with E-state index in [-0.39, 0.29) is 11.3 Å². The highest BCUT2D eigenvalue weighted by atomic mass is 32.2. The summed E-state index contributed by atoms with van der Waals surface area (Å²) >= 11 is 0. The molecule has 3 aromatic carbocycles. The smallest absolute Gasteiger partial charge is 0.307 e. The monoisotopic (exact) mass is 396 g/mol. The summed E-state index contributed by atoms with van der Waals surface area (Å²) in [6, 6.07) is 21.4. The second-order valence-electron chi connectivity index (χ2n) is 6.47. The molecule has 0 unspecified atom stereocenters. The van der Waals surface area contributed by atoms with Gasteiger partial charge in [-0.3, -0.25) is 4.79 Å². The van der Waals surface area contributed by atoms with Crippen LogP contribution in [0, 0.1) is 0 Å². The molecule has 0 aliphatic rings. The Balaban J connectivity index is 1.93. The number of carbonyl (C=O) groups is 1. The van der Waals surface area contributed by atoms with E-state index in [4.69, 9.17) is 4.74 Å². The molecule has 6 heteroatoms. The Hall–Kier alpha value is -3.12. The van der Waals surface area contributed by atoms with Crippen molar-refractivity contribution in [2.45, 2.75) is 17.9 Å². The van der Waals surface area contributed by atoms with Gasteiger partial charge in [0.25, 0.3) is 0 Å². The minimum absolute atomic E-state index is 0.191. The predicted molar refractivity (Wildman–Crippen MR) is 107 cm³/mol. The summed E-state index contributed by atoms with van der Waals surface area (Å²) in [6.07, 6.45) is 0.965. The summed E-state index contributed by atoms with van der Waals surface area (Å²) in [7, 11) is -3.33. The lowest BCUT2D eigenvalue weighted by Gasteiger charge is -2.13. The van der Waals surface area contributed by atoms with Crippen LogP contribution in [0.1, 0.15) is 11.1 Å². The molecule has 0 fully saturated rings. The highest BCUT2D eigenvalue weighted by Crippen LogP contribution is 2.29. The van der Waals surface area contributed by atoms with E-state index in [1.54, 1.807) is 36.4 Å². The van der Waals surface area contributed by atoms with E-state index in [9.17, 15) is 18.3 Å². The van der Waals surface area contributed by atoms with Crippen molar-refractivity contribution in [3.05, 3.63) is 83.9 Å². The maximum Gasteiger partial charge on any atom is 0.307 e. The van der Waals surface area contributed by atoms with Crippen LogP contribution in [0.2, 0.25) is 0 Å². The lowest BCUT2D eigenvalue weighted by Crippen LogP contribution is -2.04. The van der Waals surface area contributed by atoms with Gasteiger partial charge in [-0.2, -0.15) is 0 Å². The Morgan fingerprint density at radius 3 is 2.32 bits per heavy atom. The predicted octanol–water partition coefficient (Wildman–Crippen LogP) is 3.96. The first-order chi connectivity index (χ1) is 13.3. The number of aliphatic carboxylic acids is 1. The molecule has 1 N–H and O–H groups in total. The second kappa shape index (κ2) is 8.27. The molecule has 0 atom stereocenters. The lowest BCUT2D eigenvalue weighted by molar-refractivity contribution is -0.136. The van der Waals surface area contributed by atoms with Gasteiger partial charge in [0.2, 0.25) is 0 Å². The van der Waals surface area contributed by atoms with Gasteiger partial charge < -0.3 is 9.84 Å². The van der Waals surface area contributed by atoms with Gasteiger partial charge in [-0.1, -0.05) is 48.5 Å². The topological polar surface area (TPSA) is 80.7 Å². The van der Waals surface area contributed by atoms with Crippen LogP contribution in [0.25, 0.3) is 11.1 Å². The third kappa shape index (κ3) is 4.98. The van der Waals surface area contributed by atoms with Gasteiger partial charge in [-0.25, -0.2) is 8.42 Å². The highest BCUT2D eigenvalue weighted by molar-refractivity contribution is 7.90. The van der Waals surface area contributed by atoms with Crippen molar-refractivity contribution < 1.29 is 23.1 Å². The Morgan fingerprint density at radius 1 is 0.929 bits per heavy atom. The van der Waals surface area contributed by atoms with E-state index in [1.165, 1.54) is 6.07 Å². The van der Waals surface area contributed by atoms with E-state index < -0.39 is 15.8 Å². The zero-order valence-corrected chi connectivity index (χ0v) is 16.1. The number of hydrogen-bond acceptors (Lipinski definition) is 4. The third-order valence-corrected chi connectivity index (χ3v) is 5.35. The van der Waals surface area contributed by atoms with Crippen LogP contribution < -0.4 is 4.74 Å². The summed E-state index contributed by atoms with van der Waals surface area (Å²) in [5, 5.41) is 9.25. The van der Waals surface area contributed by atoms with Gasteiger partial charge in [-0.05, 0) is 41.0 Å². The van der Waals surface area contributed by atoms with Crippen LogP contribution in [0.4, 0.5) is 0 Å².